The number of hydrogen-bond donors (Lipinski definition) is 1. The first-order valence-corrected chi connectivity index (χ1v) is 10.1. The first kappa shape index (κ1) is 19.9. The van der Waals surface area contributed by atoms with Crippen molar-refractivity contribution in [2.45, 2.75) is 51.9 Å². The largest absolute Gasteiger partial charge is 0.476 e. The fourth-order valence-corrected chi connectivity index (χ4v) is 4.20. The normalized spacial score (nSPS) is 16.4. The molecule has 10 nitrogen and oxygen atoms in total. The number of carbonyl (C=O) groups excluding carboxylic acids is 1. The number of carboxylic acids is 1. The van der Waals surface area contributed by atoms with Crippen LogP contribution in [0, 0.1) is 0 Å². The Morgan fingerprint density at radius 3 is 2.60 bits per heavy atom. The molecule has 0 aliphatic carbocycles. The highest BCUT2D eigenvalue weighted by Crippen LogP contribution is 2.20. The summed E-state index contributed by atoms with van der Waals surface area (Å²) in [5.41, 5.74) is 1.49. The van der Waals surface area contributed by atoms with Crippen LogP contribution in [0.15, 0.2) is 35.3 Å². The fourth-order valence-electron chi connectivity index (χ4n) is 4.20. The van der Waals surface area contributed by atoms with Gasteiger partial charge in [-0.25, -0.2) is 14.3 Å². The molecule has 1 unspecified atom stereocenters. The maximum absolute atomic E-state index is 12.9. The molecular weight excluding hydrogens is 388 g/mol. The van der Waals surface area contributed by atoms with E-state index in [0.717, 1.165) is 23.9 Å². The van der Waals surface area contributed by atoms with E-state index >= 15 is 0 Å². The molecule has 1 aliphatic rings. The molecule has 0 spiro atoms. The first-order chi connectivity index (χ1) is 14.5. The lowest BCUT2D eigenvalue weighted by atomic mass is 10.2. The van der Waals surface area contributed by atoms with Crippen molar-refractivity contribution in [1.82, 2.24) is 29.0 Å². The maximum atomic E-state index is 12.9. The Balaban J connectivity index is 1.46. The number of aryl methyl sites for hydroxylation is 2. The van der Waals surface area contributed by atoms with Gasteiger partial charge < -0.3 is 10.0 Å². The Morgan fingerprint density at radius 1 is 1.20 bits per heavy atom. The summed E-state index contributed by atoms with van der Waals surface area (Å²) in [6.45, 7) is 3.88. The number of rotatable bonds is 7. The van der Waals surface area contributed by atoms with E-state index in [1.807, 2.05) is 36.1 Å². The molecular formula is C20H24N6O4. The number of aromatic carboxylic acids is 1. The number of fused-ring (bicyclic) bond motifs is 1. The number of carbonyl (C=O) groups is 2. The van der Waals surface area contributed by atoms with Crippen molar-refractivity contribution in [3.63, 3.8) is 0 Å². The second kappa shape index (κ2) is 8.13. The summed E-state index contributed by atoms with van der Waals surface area (Å²) >= 11 is 0. The molecule has 158 valence electrons. The van der Waals surface area contributed by atoms with Crippen LogP contribution in [0.25, 0.3) is 11.0 Å². The van der Waals surface area contributed by atoms with E-state index in [9.17, 15) is 14.4 Å². The summed E-state index contributed by atoms with van der Waals surface area (Å²) in [4.78, 5) is 38.5. The zero-order valence-corrected chi connectivity index (χ0v) is 16.8. The van der Waals surface area contributed by atoms with Crippen LogP contribution in [0.1, 0.15) is 36.7 Å². The third kappa shape index (κ3) is 3.60. The fraction of sp³-hybridized carbons (Fsp3) is 0.450. The Bertz CT molecular complexity index is 1140. The zero-order chi connectivity index (χ0) is 21.3. The van der Waals surface area contributed by atoms with Crippen LogP contribution in [0.3, 0.4) is 0 Å². The summed E-state index contributed by atoms with van der Waals surface area (Å²) in [6, 6.07) is 7.54. The Labute approximate surface area is 172 Å². The van der Waals surface area contributed by atoms with Gasteiger partial charge in [0, 0.05) is 26.1 Å². The maximum Gasteiger partial charge on any atom is 0.358 e. The molecule has 1 aromatic carbocycles. The first-order valence-electron chi connectivity index (χ1n) is 10.1. The monoisotopic (exact) mass is 412 g/mol. The minimum absolute atomic E-state index is 0.0173. The van der Waals surface area contributed by atoms with Crippen LogP contribution < -0.4 is 5.69 Å². The van der Waals surface area contributed by atoms with Gasteiger partial charge in [0.2, 0.25) is 5.91 Å². The van der Waals surface area contributed by atoms with Gasteiger partial charge in [-0.1, -0.05) is 17.3 Å². The van der Waals surface area contributed by atoms with Crippen molar-refractivity contribution in [2.75, 3.05) is 6.54 Å². The molecule has 3 aromatic rings. The van der Waals surface area contributed by atoms with Gasteiger partial charge in [0.25, 0.3) is 0 Å². The summed E-state index contributed by atoms with van der Waals surface area (Å²) in [6.07, 6.45) is 3.31. The third-order valence-corrected chi connectivity index (χ3v) is 5.64. The molecule has 30 heavy (non-hydrogen) atoms. The highest BCUT2D eigenvalue weighted by atomic mass is 16.4. The molecule has 1 fully saturated rings. The van der Waals surface area contributed by atoms with E-state index < -0.39 is 5.97 Å². The number of hydrogen-bond acceptors (Lipinski definition) is 5. The van der Waals surface area contributed by atoms with E-state index in [2.05, 4.69) is 10.3 Å². The number of likely N-dealkylation sites (tertiary alicyclic amines) is 1. The van der Waals surface area contributed by atoms with Crippen LogP contribution in [-0.2, 0) is 24.4 Å². The van der Waals surface area contributed by atoms with Gasteiger partial charge in [0.05, 0.1) is 29.8 Å². The van der Waals surface area contributed by atoms with Crippen LogP contribution in [-0.4, -0.2) is 58.6 Å². The Kier molecular flexibility index (Phi) is 5.39. The lowest BCUT2D eigenvalue weighted by Crippen LogP contribution is -2.39. The predicted molar refractivity (Wildman–Crippen MR) is 108 cm³/mol. The van der Waals surface area contributed by atoms with Crippen LogP contribution in [0.5, 0.6) is 0 Å². The standard InChI is InChI=1S/C20H24N6O4/c1-2-24-16-7-3-4-8-17(16)26(20(24)30)11-9-18(27)25-10-5-6-14(25)12-23-13-15(19(28)29)21-22-23/h3-4,7-8,13-14H,2,5-6,9-12H2,1H3,(H,28,29). The second-order valence-electron chi connectivity index (χ2n) is 7.43. The average molecular weight is 412 g/mol. The lowest BCUT2D eigenvalue weighted by molar-refractivity contribution is -0.132. The zero-order valence-electron chi connectivity index (χ0n) is 16.8. The van der Waals surface area contributed by atoms with Crippen LogP contribution in [0.4, 0.5) is 0 Å². The third-order valence-electron chi connectivity index (χ3n) is 5.64. The van der Waals surface area contributed by atoms with Crippen molar-refractivity contribution in [3.8, 4) is 0 Å². The number of para-hydroxylation sites is 2. The number of amides is 1. The minimum atomic E-state index is -1.13. The molecule has 10 heteroatoms. The molecule has 0 bridgehead atoms. The van der Waals surface area contributed by atoms with Gasteiger partial charge in [-0.3, -0.25) is 13.9 Å². The Morgan fingerprint density at radius 2 is 1.93 bits per heavy atom. The number of benzene rings is 1. The van der Waals surface area contributed by atoms with Gasteiger partial charge in [0.1, 0.15) is 0 Å². The average Bonchev–Trinajstić information content (AvgIpc) is 3.44. The van der Waals surface area contributed by atoms with E-state index in [-0.39, 0.29) is 29.8 Å². The molecule has 1 aliphatic heterocycles. The number of carboxylic acid groups (broad SMARTS) is 1. The van der Waals surface area contributed by atoms with Crippen molar-refractivity contribution in [3.05, 3.63) is 46.6 Å². The molecule has 1 N–H and O–H groups in total. The highest BCUT2D eigenvalue weighted by molar-refractivity contribution is 5.84. The van der Waals surface area contributed by atoms with Gasteiger partial charge in [-0.15, -0.1) is 5.10 Å². The van der Waals surface area contributed by atoms with E-state index in [4.69, 9.17) is 5.11 Å². The topological polar surface area (TPSA) is 115 Å². The molecule has 0 saturated carbocycles. The molecule has 2 aromatic heterocycles. The molecule has 0 radical (unpaired) electrons. The quantitative estimate of drug-likeness (QED) is 0.623. The van der Waals surface area contributed by atoms with Crippen molar-refractivity contribution >= 4 is 22.9 Å². The van der Waals surface area contributed by atoms with Gasteiger partial charge in [-0.2, -0.15) is 0 Å². The van der Waals surface area contributed by atoms with E-state index in [1.54, 1.807) is 9.13 Å². The number of imidazole rings is 1. The van der Waals surface area contributed by atoms with Gasteiger partial charge >= 0.3 is 11.7 Å². The lowest BCUT2D eigenvalue weighted by Gasteiger charge is -2.24. The Hall–Kier alpha value is -3.43. The smallest absolute Gasteiger partial charge is 0.358 e. The summed E-state index contributed by atoms with van der Waals surface area (Å²) in [5, 5.41) is 16.5. The summed E-state index contributed by atoms with van der Waals surface area (Å²) in [5.74, 6) is -1.14. The van der Waals surface area contributed by atoms with E-state index in [1.165, 1.54) is 10.9 Å². The molecule has 4 rings (SSSR count). The highest BCUT2D eigenvalue weighted by Gasteiger charge is 2.29. The molecule has 1 amide bonds. The number of nitrogens with zero attached hydrogens (tertiary/aromatic N) is 6. The molecule has 3 heterocycles. The van der Waals surface area contributed by atoms with Gasteiger partial charge in [0.15, 0.2) is 5.69 Å². The van der Waals surface area contributed by atoms with Gasteiger partial charge in [-0.05, 0) is 31.9 Å². The van der Waals surface area contributed by atoms with E-state index in [0.29, 0.717) is 26.2 Å². The van der Waals surface area contributed by atoms with Crippen molar-refractivity contribution < 1.29 is 14.7 Å². The SMILES string of the molecule is CCn1c(=O)n(CCC(=O)N2CCCC2Cn2cc(C(=O)O)nn2)c2ccccc21. The molecule has 1 atom stereocenters. The molecule has 1 saturated heterocycles. The van der Waals surface area contributed by atoms with Crippen molar-refractivity contribution in [2.24, 2.45) is 0 Å². The second-order valence-corrected chi connectivity index (χ2v) is 7.43. The number of aromatic nitrogens is 5. The van der Waals surface area contributed by atoms with Crippen molar-refractivity contribution in [1.29, 1.82) is 0 Å². The summed E-state index contributed by atoms with van der Waals surface area (Å²) in [7, 11) is 0. The minimum Gasteiger partial charge on any atom is -0.476 e. The van der Waals surface area contributed by atoms with Crippen LogP contribution >= 0.6 is 0 Å². The van der Waals surface area contributed by atoms with Crippen LogP contribution in [0.2, 0.25) is 0 Å². The summed E-state index contributed by atoms with van der Waals surface area (Å²) < 4.78 is 4.85. The predicted octanol–water partition coefficient (Wildman–Crippen LogP) is 1.19.